The van der Waals surface area contributed by atoms with Crippen LogP contribution in [0.15, 0.2) is 24.4 Å². The predicted molar refractivity (Wildman–Crippen MR) is 54.4 cm³/mol. The van der Waals surface area contributed by atoms with Crippen molar-refractivity contribution in [3.8, 4) is 5.75 Å². The highest BCUT2D eigenvalue weighted by atomic mass is 16.5. The van der Waals surface area contributed by atoms with Crippen molar-refractivity contribution < 1.29 is 9.84 Å². The van der Waals surface area contributed by atoms with Crippen LogP contribution < -0.4 is 4.74 Å². The highest BCUT2D eigenvalue weighted by Crippen LogP contribution is 2.25. The third-order valence-electron chi connectivity index (χ3n) is 2.27. The van der Waals surface area contributed by atoms with Gasteiger partial charge in [-0.2, -0.15) is 0 Å². The molecule has 0 saturated carbocycles. The molecule has 0 aliphatic rings. The molecule has 3 heteroatoms. The Morgan fingerprint density at radius 3 is 3.07 bits per heavy atom. The van der Waals surface area contributed by atoms with Crippen molar-refractivity contribution in [2.45, 2.75) is 6.54 Å². The number of aliphatic hydroxyl groups excluding tert-OH is 1. The van der Waals surface area contributed by atoms with Gasteiger partial charge in [0, 0.05) is 18.1 Å². The lowest BCUT2D eigenvalue weighted by Crippen LogP contribution is -1.99. The lowest BCUT2D eigenvalue weighted by Gasteiger charge is -2.04. The summed E-state index contributed by atoms with van der Waals surface area (Å²) < 4.78 is 7.19. The summed E-state index contributed by atoms with van der Waals surface area (Å²) in [5.74, 6) is 0.819. The van der Waals surface area contributed by atoms with Gasteiger partial charge in [0.25, 0.3) is 0 Å². The Hall–Kier alpha value is -1.48. The molecule has 1 aromatic carbocycles. The second-order valence-electron chi connectivity index (χ2n) is 3.06. The zero-order valence-electron chi connectivity index (χ0n) is 8.03. The number of aliphatic hydroxyl groups is 1. The van der Waals surface area contributed by atoms with Gasteiger partial charge in [-0.3, -0.25) is 0 Å². The summed E-state index contributed by atoms with van der Waals surface area (Å²) in [5.41, 5.74) is 1.04. The van der Waals surface area contributed by atoms with Crippen LogP contribution in [0.3, 0.4) is 0 Å². The Morgan fingerprint density at radius 1 is 1.50 bits per heavy atom. The zero-order chi connectivity index (χ0) is 9.97. The molecule has 1 N–H and O–H groups in total. The lowest BCUT2D eigenvalue weighted by molar-refractivity contribution is 0.278. The van der Waals surface area contributed by atoms with Crippen molar-refractivity contribution in [3.63, 3.8) is 0 Å². The molecule has 1 heterocycles. The van der Waals surface area contributed by atoms with Gasteiger partial charge in [0.1, 0.15) is 5.75 Å². The molecular weight excluding hydrogens is 178 g/mol. The van der Waals surface area contributed by atoms with Crippen LogP contribution in [-0.4, -0.2) is 23.4 Å². The van der Waals surface area contributed by atoms with E-state index in [0.29, 0.717) is 6.54 Å². The fourth-order valence-corrected chi connectivity index (χ4v) is 1.60. The molecule has 14 heavy (non-hydrogen) atoms. The van der Waals surface area contributed by atoms with E-state index >= 15 is 0 Å². The van der Waals surface area contributed by atoms with E-state index in [0.717, 1.165) is 16.7 Å². The largest absolute Gasteiger partial charge is 0.496 e. The van der Waals surface area contributed by atoms with Crippen molar-refractivity contribution >= 4 is 10.9 Å². The molecule has 2 aromatic rings. The van der Waals surface area contributed by atoms with E-state index < -0.39 is 0 Å². The van der Waals surface area contributed by atoms with Crippen LogP contribution >= 0.6 is 0 Å². The topological polar surface area (TPSA) is 34.4 Å². The minimum atomic E-state index is 0.140. The zero-order valence-corrected chi connectivity index (χ0v) is 8.03. The van der Waals surface area contributed by atoms with E-state index in [2.05, 4.69) is 6.07 Å². The molecule has 1 aromatic heterocycles. The number of benzene rings is 1. The first-order valence-corrected chi connectivity index (χ1v) is 4.50. The first kappa shape index (κ1) is 9.09. The molecule has 0 spiro atoms. The van der Waals surface area contributed by atoms with Crippen molar-refractivity contribution in [3.05, 3.63) is 30.5 Å². The number of hydrogen-bond donors (Lipinski definition) is 1. The Labute approximate surface area is 82.5 Å². The minimum absolute atomic E-state index is 0.140. The number of rotatable bonds is 3. The van der Waals surface area contributed by atoms with Crippen molar-refractivity contribution in [1.29, 1.82) is 0 Å². The van der Waals surface area contributed by atoms with Crippen LogP contribution in [0.25, 0.3) is 10.9 Å². The number of methoxy groups -OCH3 is 1. The van der Waals surface area contributed by atoms with Gasteiger partial charge in [0.2, 0.25) is 0 Å². The van der Waals surface area contributed by atoms with E-state index in [9.17, 15) is 0 Å². The van der Waals surface area contributed by atoms with Crippen molar-refractivity contribution in [2.24, 2.45) is 0 Å². The normalized spacial score (nSPS) is 10.7. The molecule has 0 saturated heterocycles. The van der Waals surface area contributed by atoms with Crippen LogP contribution in [0.2, 0.25) is 0 Å². The maximum Gasteiger partial charge on any atom is 0.128 e. The number of ether oxygens (including phenoxy) is 1. The van der Waals surface area contributed by atoms with E-state index in [-0.39, 0.29) is 6.61 Å². The van der Waals surface area contributed by atoms with E-state index in [1.165, 1.54) is 0 Å². The van der Waals surface area contributed by atoms with Gasteiger partial charge in [-0.05, 0) is 24.3 Å². The highest BCUT2D eigenvalue weighted by molar-refractivity contribution is 5.86. The van der Waals surface area contributed by atoms with Gasteiger partial charge in [0.15, 0.2) is 0 Å². The summed E-state index contributed by atoms with van der Waals surface area (Å²) >= 11 is 0. The van der Waals surface area contributed by atoms with E-state index in [4.69, 9.17) is 9.84 Å². The molecule has 0 atom stereocenters. The van der Waals surface area contributed by atoms with Gasteiger partial charge in [-0.15, -0.1) is 0 Å². The number of fused-ring (bicyclic) bond motifs is 1. The number of hydrogen-bond acceptors (Lipinski definition) is 2. The van der Waals surface area contributed by atoms with Crippen LogP contribution in [0, 0.1) is 6.07 Å². The molecule has 1 radical (unpaired) electrons. The maximum atomic E-state index is 8.86. The highest BCUT2D eigenvalue weighted by Gasteiger charge is 2.04. The fourth-order valence-electron chi connectivity index (χ4n) is 1.60. The monoisotopic (exact) mass is 190 g/mol. The second kappa shape index (κ2) is 3.72. The SMILES string of the molecule is COc1c[c]cc2c1ccn2CCO. The first-order chi connectivity index (χ1) is 6.86. The van der Waals surface area contributed by atoms with Crippen LogP contribution in [0.5, 0.6) is 5.75 Å². The summed E-state index contributed by atoms with van der Waals surface area (Å²) in [5, 5.41) is 9.92. The van der Waals surface area contributed by atoms with Gasteiger partial charge >= 0.3 is 0 Å². The smallest absolute Gasteiger partial charge is 0.128 e. The summed E-state index contributed by atoms with van der Waals surface area (Å²) in [6, 6.07) is 8.70. The molecule has 73 valence electrons. The fraction of sp³-hybridized carbons (Fsp3) is 0.273. The summed E-state index contributed by atoms with van der Waals surface area (Å²) in [7, 11) is 1.64. The number of aromatic nitrogens is 1. The quantitative estimate of drug-likeness (QED) is 0.794. The first-order valence-electron chi connectivity index (χ1n) is 4.50. The average Bonchev–Trinajstić information content (AvgIpc) is 2.62. The van der Waals surface area contributed by atoms with E-state index in [1.54, 1.807) is 7.11 Å². The van der Waals surface area contributed by atoms with Gasteiger partial charge in [-0.1, -0.05) is 0 Å². The lowest BCUT2D eigenvalue weighted by atomic mass is 10.2. The van der Waals surface area contributed by atoms with Gasteiger partial charge in [-0.25, -0.2) is 0 Å². The molecule has 0 aliphatic carbocycles. The molecule has 0 amide bonds. The third kappa shape index (κ3) is 1.36. The molecule has 0 aliphatic heterocycles. The molecule has 0 bridgehead atoms. The molecule has 2 rings (SSSR count). The van der Waals surface area contributed by atoms with Crippen LogP contribution in [-0.2, 0) is 6.54 Å². The molecule has 0 fully saturated rings. The van der Waals surface area contributed by atoms with Crippen LogP contribution in [0.1, 0.15) is 0 Å². The van der Waals surface area contributed by atoms with Gasteiger partial charge in [0.05, 0.1) is 19.2 Å². The average molecular weight is 190 g/mol. The Kier molecular flexibility index (Phi) is 2.41. The summed E-state index contributed by atoms with van der Waals surface area (Å²) in [6.45, 7) is 0.742. The Balaban J connectivity index is 2.57. The standard InChI is InChI=1S/C11H12NO2/c1-14-11-4-2-3-10-9(11)5-6-12(10)7-8-13/h3-6,13H,7-8H2,1H3. The Morgan fingerprint density at radius 2 is 2.36 bits per heavy atom. The number of nitrogens with zero attached hydrogens (tertiary/aromatic N) is 1. The summed E-state index contributed by atoms with van der Waals surface area (Å²) in [6.07, 6.45) is 1.94. The predicted octanol–water partition coefficient (Wildman–Crippen LogP) is 1.44. The second-order valence-corrected chi connectivity index (χ2v) is 3.06. The van der Waals surface area contributed by atoms with Crippen molar-refractivity contribution in [2.75, 3.05) is 13.7 Å². The van der Waals surface area contributed by atoms with Crippen LogP contribution in [0.4, 0.5) is 0 Å². The van der Waals surface area contributed by atoms with Gasteiger partial charge < -0.3 is 14.4 Å². The van der Waals surface area contributed by atoms with Crippen molar-refractivity contribution in [1.82, 2.24) is 4.57 Å². The maximum absolute atomic E-state index is 8.86. The van der Waals surface area contributed by atoms with E-state index in [1.807, 2.05) is 29.0 Å². The Bertz CT molecular complexity index is 434. The molecular formula is C11H12NO2. The molecule has 0 unspecified atom stereocenters. The third-order valence-corrected chi connectivity index (χ3v) is 2.27. The summed E-state index contributed by atoms with van der Waals surface area (Å²) in [4.78, 5) is 0. The minimum Gasteiger partial charge on any atom is -0.496 e. The molecule has 3 nitrogen and oxygen atoms in total.